The van der Waals surface area contributed by atoms with Crippen molar-refractivity contribution in [3.8, 4) is 11.5 Å². The number of anilines is 1. The van der Waals surface area contributed by atoms with E-state index >= 15 is 0 Å². The Labute approximate surface area is 172 Å². The number of methoxy groups -OCH3 is 2. The lowest BCUT2D eigenvalue weighted by molar-refractivity contribution is -0.125. The van der Waals surface area contributed by atoms with E-state index in [-0.39, 0.29) is 29.5 Å². The monoisotopic (exact) mass is 415 g/mol. The molecule has 1 aliphatic rings. The molecule has 0 unspecified atom stereocenters. The van der Waals surface area contributed by atoms with Crippen molar-refractivity contribution in [3.63, 3.8) is 0 Å². The van der Waals surface area contributed by atoms with Crippen molar-refractivity contribution in [2.75, 3.05) is 25.3 Å². The topological polar surface area (TPSA) is 97.0 Å². The van der Waals surface area contributed by atoms with Crippen LogP contribution in [0.5, 0.6) is 11.5 Å². The molecule has 29 heavy (non-hydrogen) atoms. The molecule has 2 aromatic carbocycles. The van der Waals surface area contributed by atoms with E-state index in [1.54, 1.807) is 44.6 Å². The number of imide groups is 1. The van der Waals surface area contributed by atoms with Crippen LogP contribution in [0, 0.1) is 0 Å². The van der Waals surface area contributed by atoms with Gasteiger partial charge in [-0.2, -0.15) is 0 Å². The van der Waals surface area contributed by atoms with Gasteiger partial charge in [0.05, 0.1) is 26.5 Å². The molecule has 0 aliphatic carbocycles. The highest BCUT2D eigenvalue weighted by Crippen LogP contribution is 2.23. The minimum absolute atomic E-state index is 0.184. The fraction of sp³-hybridized carbons (Fsp3) is 0.250. The first-order chi connectivity index (χ1) is 14.0. The van der Waals surface area contributed by atoms with Gasteiger partial charge in [0.2, 0.25) is 5.91 Å². The number of ether oxygens (including phenoxy) is 2. The first-order valence-corrected chi connectivity index (χ1v) is 9.80. The Kier molecular flexibility index (Phi) is 6.61. The van der Waals surface area contributed by atoms with Gasteiger partial charge in [0, 0.05) is 18.3 Å². The minimum Gasteiger partial charge on any atom is -0.497 e. The maximum Gasteiger partial charge on any atom is 0.319 e. The molecule has 1 heterocycles. The van der Waals surface area contributed by atoms with Crippen LogP contribution in [0.4, 0.5) is 15.3 Å². The number of urea groups is 1. The lowest BCUT2D eigenvalue weighted by Gasteiger charge is -2.13. The minimum atomic E-state index is -0.360. The molecule has 2 N–H and O–H groups in total. The average Bonchev–Trinajstić information content (AvgIpc) is 3.05. The van der Waals surface area contributed by atoms with Gasteiger partial charge in [-0.05, 0) is 35.4 Å². The van der Waals surface area contributed by atoms with E-state index in [0.717, 1.165) is 22.9 Å². The summed E-state index contributed by atoms with van der Waals surface area (Å²) in [6.07, 6.45) is 0. The van der Waals surface area contributed by atoms with Crippen LogP contribution >= 0.6 is 11.8 Å². The first kappa shape index (κ1) is 20.5. The summed E-state index contributed by atoms with van der Waals surface area (Å²) in [6.45, 7) is 0.531. The lowest BCUT2D eigenvalue weighted by Crippen LogP contribution is -2.28. The third-order valence-electron chi connectivity index (χ3n) is 4.26. The highest BCUT2D eigenvalue weighted by Gasteiger charge is 2.29. The van der Waals surface area contributed by atoms with Crippen LogP contribution < -0.4 is 20.1 Å². The first-order valence-electron chi connectivity index (χ1n) is 8.81. The van der Waals surface area contributed by atoms with Crippen molar-refractivity contribution in [2.45, 2.75) is 13.1 Å². The smallest absolute Gasteiger partial charge is 0.319 e. The number of benzene rings is 2. The zero-order valence-electron chi connectivity index (χ0n) is 16.1. The second-order valence-corrected chi connectivity index (χ2v) is 7.19. The molecule has 4 amide bonds. The fourth-order valence-electron chi connectivity index (χ4n) is 2.74. The van der Waals surface area contributed by atoms with Gasteiger partial charge in [-0.25, -0.2) is 4.79 Å². The number of rotatable bonds is 7. The summed E-state index contributed by atoms with van der Waals surface area (Å²) in [5, 5.41) is 5.29. The van der Waals surface area contributed by atoms with Gasteiger partial charge in [-0.1, -0.05) is 23.9 Å². The Morgan fingerprint density at radius 3 is 2.24 bits per heavy atom. The molecule has 3 rings (SSSR count). The third kappa shape index (κ3) is 5.41. The number of thioether (sulfide) groups is 1. The van der Waals surface area contributed by atoms with Crippen molar-refractivity contribution in [3.05, 3.63) is 53.6 Å². The molecule has 0 spiro atoms. The number of carbonyl (C=O) groups excluding carboxylic acids is 3. The zero-order chi connectivity index (χ0) is 20.8. The number of nitrogens with zero attached hydrogens (tertiary/aromatic N) is 1. The van der Waals surface area contributed by atoms with E-state index in [9.17, 15) is 14.4 Å². The number of amides is 4. The van der Waals surface area contributed by atoms with E-state index in [1.165, 1.54) is 4.90 Å². The summed E-state index contributed by atoms with van der Waals surface area (Å²) in [5.41, 5.74) is 2.25. The van der Waals surface area contributed by atoms with E-state index in [4.69, 9.17) is 9.47 Å². The standard InChI is InChI=1S/C20H21N3O5S/c1-27-16-7-14(8-17(9-16)28-2)10-21-19(25)22-15-5-3-13(4-6-15)11-23-18(24)12-29-20(23)26/h3-9H,10-12H2,1-2H3,(H2,21,22,25). The molecule has 1 saturated heterocycles. The van der Waals surface area contributed by atoms with E-state index in [2.05, 4.69) is 10.6 Å². The Balaban J connectivity index is 1.53. The van der Waals surface area contributed by atoms with E-state index < -0.39 is 0 Å². The number of carbonyl (C=O) groups is 3. The molecule has 1 fully saturated rings. The summed E-state index contributed by atoms with van der Waals surface area (Å²) in [6, 6.07) is 12.0. The van der Waals surface area contributed by atoms with Gasteiger partial charge < -0.3 is 20.1 Å². The average molecular weight is 415 g/mol. The van der Waals surface area contributed by atoms with Crippen molar-refractivity contribution in [1.29, 1.82) is 0 Å². The molecule has 0 bridgehead atoms. The second kappa shape index (κ2) is 9.33. The lowest BCUT2D eigenvalue weighted by atomic mass is 10.2. The predicted octanol–water partition coefficient (Wildman–Crippen LogP) is 3.22. The van der Waals surface area contributed by atoms with Crippen LogP contribution in [-0.4, -0.2) is 42.0 Å². The predicted molar refractivity (Wildman–Crippen MR) is 110 cm³/mol. The Morgan fingerprint density at radius 2 is 1.69 bits per heavy atom. The molecule has 0 atom stereocenters. The molecule has 1 aliphatic heterocycles. The molecule has 0 radical (unpaired) electrons. The van der Waals surface area contributed by atoms with Crippen LogP contribution in [0.3, 0.4) is 0 Å². The molecule has 8 nitrogen and oxygen atoms in total. The second-order valence-electron chi connectivity index (χ2n) is 6.26. The van der Waals surface area contributed by atoms with Crippen LogP contribution in [0.2, 0.25) is 0 Å². The highest BCUT2D eigenvalue weighted by atomic mass is 32.2. The number of hydrogen-bond donors (Lipinski definition) is 2. The van der Waals surface area contributed by atoms with E-state index in [1.807, 2.05) is 12.1 Å². The zero-order valence-corrected chi connectivity index (χ0v) is 16.9. The van der Waals surface area contributed by atoms with Gasteiger partial charge in [-0.15, -0.1) is 0 Å². The quantitative estimate of drug-likeness (QED) is 0.721. The van der Waals surface area contributed by atoms with Gasteiger partial charge in [-0.3, -0.25) is 14.5 Å². The van der Waals surface area contributed by atoms with Gasteiger partial charge >= 0.3 is 6.03 Å². The SMILES string of the molecule is COc1cc(CNC(=O)Nc2ccc(CN3C(=O)CSC3=O)cc2)cc(OC)c1. The van der Waals surface area contributed by atoms with Crippen molar-refractivity contribution < 1.29 is 23.9 Å². The maximum atomic E-state index is 12.2. The molecule has 152 valence electrons. The Bertz CT molecular complexity index is 879. The van der Waals surface area contributed by atoms with Crippen LogP contribution in [0.25, 0.3) is 0 Å². The summed E-state index contributed by atoms with van der Waals surface area (Å²) < 4.78 is 10.4. The highest BCUT2D eigenvalue weighted by molar-refractivity contribution is 8.14. The van der Waals surface area contributed by atoms with Gasteiger partial charge in [0.25, 0.3) is 5.24 Å². The molecular formula is C20H21N3O5S. The summed E-state index contributed by atoms with van der Waals surface area (Å²) >= 11 is 1.01. The van der Waals surface area contributed by atoms with E-state index in [0.29, 0.717) is 23.7 Å². The Hall–Kier alpha value is -3.20. The van der Waals surface area contributed by atoms with Crippen molar-refractivity contribution in [1.82, 2.24) is 10.2 Å². The van der Waals surface area contributed by atoms with Crippen LogP contribution in [0.1, 0.15) is 11.1 Å². The largest absolute Gasteiger partial charge is 0.497 e. The summed E-state index contributed by atoms with van der Waals surface area (Å²) in [5.74, 6) is 1.30. The third-order valence-corrected chi connectivity index (χ3v) is 5.12. The fourth-order valence-corrected chi connectivity index (χ4v) is 3.46. The Morgan fingerprint density at radius 1 is 1.03 bits per heavy atom. The molecular weight excluding hydrogens is 394 g/mol. The maximum absolute atomic E-state index is 12.2. The molecule has 0 aromatic heterocycles. The van der Waals surface area contributed by atoms with Crippen molar-refractivity contribution in [2.24, 2.45) is 0 Å². The van der Waals surface area contributed by atoms with Crippen molar-refractivity contribution >= 4 is 34.6 Å². The molecule has 9 heteroatoms. The van der Waals surface area contributed by atoms with Gasteiger partial charge in [0.15, 0.2) is 0 Å². The molecule has 2 aromatic rings. The number of hydrogen-bond acceptors (Lipinski definition) is 6. The summed E-state index contributed by atoms with van der Waals surface area (Å²) in [4.78, 5) is 36.7. The molecule has 0 saturated carbocycles. The van der Waals surface area contributed by atoms with Crippen LogP contribution in [0.15, 0.2) is 42.5 Å². The number of nitrogens with one attached hydrogen (secondary N) is 2. The van der Waals surface area contributed by atoms with Gasteiger partial charge in [0.1, 0.15) is 11.5 Å². The normalized spacial score (nSPS) is 13.4. The van der Waals surface area contributed by atoms with Crippen LogP contribution in [-0.2, 0) is 17.9 Å². The summed E-state index contributed by atoms with van der Waals surface area (Å²) in [7, 11) is 3.13.